The van der Waals surface area contributed by atoms with Crippen LogP contribution in [0.2, 0.25) is 0 Å². The summed E-state index contributed by atoms with van der Waals surface area (Å²) in [5, 5.41) is 0. The second-order valence-corrected chi connectivity index (χ2v) is 9.99. The summed E-state index contributed by atoms with van der Waals surface area (Å²) in [6.45, 7) is 8.20. The molecule has 2 aliphatic rings. The van der Waals surface area contributed by atoms with Gasteiger partial charge in [-0.25, -0.2) is 9.59 Å². The van der Waals surface area contributed by atoms with E-state index in [1.807, 2.05) is 74.5 Å². The van der Waals surface area contributed by atoms with E-state index < -0.39 is 23.8 Å². The van der Waals surface area contributed by atoms with Crippen molar-refractivity contribution in [2.45, 2.75) is 53.4 Å². The molecule has 0 fully saturated rings. The Morgan fingerprint density at radius 2 is 0.952 bits per heavy atom. The second-order valence-electron chi connectivity index (χ2n) is 9.99. The van der Waals surface area contributed by atoms with E-state index in [-0.39, 0.29) is 35.5 Å². The third-order valence-electron chi connectivity index (χ3n) is 7.21. The van der Waals surface area contributed by atoms with Crippen molar-refractivity contribution in [1.82, 2.24) is 9.80 Å². The molecule has 8 heteroatoms. The summed E-state index contributed by atoms with van der Waals surface area (Å²) in [5.41, 5.74) is 1.75. The largest absolute Gasteiger partial charge is 0.462 e. The number of carbonyl (C=O) groups is 4. The Labute approximate surface area is 247 Å². The van der Waals surface area contributed by atoms with Crippen LogP contribution in [0.5, 0.6) is 0 Å². The first-order valence-corrected chi connectivity index (χ1v) is 14.7. The van der Waals surface area contributed by atoms with E-state index in [0.717, 1.165) is 12.8 Å². The minimum absolute atomic E-state index is 0.0148. The van der Waals surface area contributed by atoms with Gasteiger partial charge in [0.05, 0.1) is 46.9 Å². The summed E-state index contributed by atoms with van der Waals surface area (Å²) < 4.78 is 11.0. The second kappa shape index (κ2) is 13.9. The van der Waals surface area contributed by atoms with Crippen LogP contribution in [0.4, 0.5) is 0 Å². The third kappa shape index (κ3) is 5.79. The molecule has 0 bridgehead atoms. The standard InChI is InChI=1S/C34H38N2O6/c1-5-9-21-35-29(23-17-13-11-14-18-23)27(33(39)41-7-3)25(31(35)37)26-28(34(40)42-8-4)30(24-19-15-12-16-20-24)36(32(26)38)22-10-6-2/h11-20H,5-10,21-22H2,1-4H3. The van der Waals surface area contributed by atoms with Crippen molar-refractivity contribution in [3.05, 3.63) is 94.1 Å². The van der Waals surface area contributed by atoms with Crippen LogP contribution in [0, 0.1) is 0 Å². The number of ether oxygens (including phenoxy) is 2. The number of hydrogen-bond donors (Lipinski definition) is 0. The van der Waals surface area contributed by atoms with Crippen LogP contribution in [0.25, 0.3) is 11.4 Å². The highest BCUT2D eigenvalue weighted by Gasteiger charge is 2.49. The first-order chi connectivity index (χ1) is 20.4. The van der Waals surface area contributed by atoms with Crippen molar-refractivity contribution >= 4 is 35.1 Å². The van der Waals surface area contributed by atoms with Gasteiger partial charge in [0.2, 0.25) is 0 Å². The van der Waals surface area contributed by atoms with Crippen molar-refractivity contribution in [3.63, 3.8) is 0 Å². The fourth-order valence-electron chi connectivity index (χ4n) is 5.31. The van der Waals surface area contributed by atoms with Gasteiger partial charge in [0.1, 0.15) is 0 Å². The molecule has 2 heterocycles. The maximum atomic E-state index is 14.4. The van der Waals surface area contributed by atoms with Gasteiger partial charge in [-0.2, -0.15) is 0 Å². The molecule has 0 atom stereocenters. The van der Waals surface area contributed by atoms with E-state index in [1.54, 1.807) is 23.6 Å². The van der Waals surface area contributed by atoms with Crippen LogP contribution < -0.4 is 0 Å². The Morgan fingerprint density at radius 1 is 0.595 bits per heavy atom. The molecule has 0 unspecified atom stereocenters. The van der Waals surface area contributed by atoms with E-state index in [4.69, 9.17) is 9.47 Å². The Morgan fingerprint density at radius 3 is 1.26 bits per heavy atom. The first-order valence-electron chi connectivity index (χ1n) is 14.7. The zero-order valence-electron chi connectivity index (χ0n) is 24.8. The number of hydrogen-bond acceptors (Lipinski definition) is 6. The molecule has 2 amide bonds. The molecule has 0 aliphatic carbocycles. The lowest BCUT2D eigenvalue weighted by Gasteiger charge is -2.21. The lowest BCUT2D eigenvalue weighted by Crippen LogP contribution is -2.30. The van der Waals surface area contributed by atoms with Crippen molar-refractivity contribution in [2.24, 2.45) is 0 Å². The Kier molecular flexibility index (Phi) is 10.1. The molecule has 8 nitrogen and oxygen atoms in total. The molecule has 2 aliphatic heterocycles. The topological polar surface area (TPSA) is 93.2 Å². The lowest BCUT2D eigenvalue weighted by atomic mass is 9.93. The van der Waals surface area contributed by atoms with Crippen LogP contribution in [-0.4, -0.2) is 59.9 Å². The number of amides is 2. The molecular weight excluding hydrogens is 532 g/mol. The highest BCUT2D eigenvalue weighted by molar-refractivity contribution is 6.30. The molecule has 0 radical (unpaired) electrons. The predicted octanol–water partition coefficient (Wildman–Crippen LogP) is 5.52. The molecule has 220 valence electrons. The van der Waals surface area contributed by atoms with Gasteiger partial charge in [-0.05, 0) is 37.8 Å². The molecule has 0 N–H and O–H groups in total. The summed E-state index contributed by atoms with van der Waals surface area (Å²) in [5.74, 6) is -2.48. The summed E-state index contributed by atoms with van der Waals surface area (Å²) in [6, 6.07) is 18.2. The number of nitrogens with zero attached hydrogens (tertiary/aromatic N) is 2. The number of unbranched alkanes of at least 4 members (excludes halogenated alkanes) is 2. The molecule has 2 aromatic carbocycles. The number of benzene rings is 2. The van der Waals surface area contributed by atoms with Gasteiger partial charge >= 0.3 is 11.9 Å². The smallest absolute Gasteiger partial charge is 0.341 e. The Bertz CT molecular complexity index is 1330. The lowest BCUT2D eigenvalue weighted by molar-refractivity contribution is -0.139. The molecule has 2 aromatic rings. The zero-order chi connectivity index (χ0) is 30.2. The van der Waals surface area contributed by atoms with E-state index in [2.05, 4.69) is 0 Å². The van der Waals surface area contributed by atoms with Gasteiger partial charge in [-0.3, -0.25) is 9.59 Å². The number of carbonyl (C=O) groups excluding carboxylic acids is 4. The van der Waals surface area contributed by atoms with Crippen LogP contribution in [0.3, 0.4) is 0 Å². The highest BCUT2D eigenvalue weighted by atomic mass is 16.5. The Balaban J connectivity index is 2.13. The van der Waals surface area contributed by atoms with Crippen molar-refractivity contribution in [2.75, 3.05) is 26.3 Å². The van der Waals surface area contributed by atoms with Gasteiger partial charge in [-0.15, -0.1) is 0 Å². The van der Waals surface area contributed by atoms with Gasteiger partial charge in [0, 0.05) is 13.1 Å². The quantitative estimate of drug-likeness (QED) is 0.247. The normalized spacial score (nSPS) is 17.0. The van der Waals surface area contributed by atoms with Crippen LogP contribution in [-0.2, 0) is 28.7 Å². The summed E-state index contributed by atoms with van der Waals surface area (Å²) in [6.07, 6.45) is 2.96. The maximum Gasteiger partial charge on any atom is 0.341 e. The fourth-order valence-corrected chi connectivity index (χ4v) is 5.31. The van der Waals surface area contributed by atoms with Crippen molar-refractivity contribution in [1.29, 1.82) is 0 Å². The van der Waals surface area contributed by atoms with Crippen molar-refractivity contribution < 1.29 is 28.7 Å². The zero-order valence-corrected chi connectivity index (χ0v) is 24.8. The molecule has 0 saturated heterocycles. The molecule has 42 heavy (non-hydrogen) atoms. The van der Waals surface area contributed by atoms with Crippen molar-refractivity contribution in [3.8, 4) is 0 Å². The summed E-state index contributed by atoms with van der Waals surface area (Å²) >= 11 is 0. The van der Waals surface area contributed by atoms with E-state index in [9.17, 15) is 19.2 Å². The molecule has 0 spiro atoms. The predicted molar refractivity (Wildman–Crippen MR) is 160 cm³/mol. The molecular formula is C34H38N2O6. The van der Waals surface area contributed by atoms with E-state index in [0.29, 0.717) is 48.5 Å². The van der Waals surface area contributed by atoms with Crippen LogP contribution in [0.1, 0.15) is 64.5 Å². The average Bonchev–Trinajstić information content (AvgIpc) is 3.45. The van der Waals surface area contributed by atoms with Gasteiger partial charge < -0.3 is 19.3 Å². The number of rotatable bonds is 12. The van der Waals surface area contributed by atoms with Gasteiger partial charge in [-0.1, -0.05) is 87.4 Å². The maximum absolute atomic E-state index is 14.4. The summed E-state index contributed by atoms with van der Waals surface area (Å²) in [4.78, 5) is 59.4. The number of esters is 2. The highest BCUT2D eigenvalue weighted by Crippen LogP contribution is 2.45. The molecule has 0 saturated carbocycles. The van der Waals surface area contributed by atoms with Crippen LogP contribution in [0.15, 0.2) is 83.0 Å². The SMILES string of the molecule is CCCCN1C(=O)C(=C2C(=O)N(CCCC)C(c3ccccc3)=C2C(=O)OCC)C(C(=O)OCC)=C1c1ccccc1. The van der Waals surface area contributed by atoms with E-state index >= 15 is 0 Å². The minimum Gasteiger partial charge on any atom is -0.462 e. The first kappa shape index (κ1) is 30.5. The summed E-state index contributed by atoms with van der Waals surface area (Å²) in [7, 11) is 0. The van der Waals surface area contributed by atoms with Crippen LogP contribution >= 0.6 is 0 Å². The monoisotopic (exact) mass is 570 g/mol. The third-order valence-corrected chi connectivity index (χ3v) is 7.21. The van der Waals surface area contributed by atoms with E-state index in [1.165, 1.54) is 0 Å². The molecule has 4 rings (SSSR count). The van der Waals surface area contributed by atoms with Gasteiger partial charge in [0.25, 0.3) is 11.8 Å². The fraction of sp³-hybridized carbons (Fsp3) is 0.353. The Hall–Kier alpha value is -4.46. The average molecular weight is 571 g/mol. The minimum atomic E-state index is -0.726. The molecule has 0 aromatic heterocycles. The van der Waals surface area contributed by atoms with Gasteiger partial charge in [0.15, 0.2) is 0 Å².